The largest absolute Gasteiger partial charge is 0.497 e. The first-order valence-electron chi connectivity index (χ1n) is 10.4. The van der Waals surface area contributed by atoms with E-state index in [4.69, 9.17) is 26.0 Å². The van der Waals surface area contributed by atoms with Gasteiger partial charge in [0.2, 0.25) is 5.58 Å². The number of benzene rings is 2. The lowest BCUT2D eigenvalue weighted by Gasteiger charge is -2.12. The number of hydrogen-bond donors (Lipinski definition) is 0. The highest BCUT2D eigenvalue weighted by Crippen LogP contribution is 2.31. The summed E-state index contributed by atoms with van der Waals surface area (Å²) in [6, 6.07) is 16.0. The molecule has 8 nitrogen and oxygen atoms in total. The minimum absolute atomic E-state index is 0.0210. The van der Waals surface area contributed by atoms with Crippen LogP contribution in [0.5, 0.6) is 5.75 Å². The van der Waals surface area contributed by atoms with E-state index in [0.29, 0.717) is 33.0 Å². The molecule has 0 amide bonds. The molecule has 2 aromatic carbocycles. The Morgan fingerprint density at radius 2 is 1.97 bits per heavy atom. The summed E-state index contributed by atoms with van der Waals surface area (Å²) >= 11 is 6.33. The molecule has 0 unspecified atom stereocenters. The molecule has 9 heteroatoms. The zero-order valence-corrected chi connectivity index (χ0v) is 18.7. The van der Waals surface area contributed by atoms with Crippen LogP contribution in [0.3, 0.4) is 0 Å². The fraction of sp³-hybridized carbons (Fsp3) is 0.120. The van der Waals surface area contributed by atoms with Gasteiger partial charge >= 0.3 is 11.2 Å². The molecule has 0 aliphatic heterocycles. The molecule has 168 valence electrons. The zero-order chi connectivity index (χ0) is 23.8. The molecule has 0 fully saturated rings. The van der Waals surface area contributed by atoms with Crippen LogP contribution < -0.4 is 16.0 Å². The molecule has 0 saturated carbocycles. The highest BCUT2D eigenvalue weighted by molar-refractivity contribution is 6.33. The van der Waals surface area contributed by atoms with Gasteiger partial charge in [-0.25, -0.2) is 9.36 Å². The average molecular weight is 473 g/mol. The summed E-state index contributed by atoms with van der Waals surface area (Å²) in [4.78, 5) is 31.4. The van der Waals surface area contributed by atoms with E-state index in [2.05, 4.69) is 4.98 Å². The summed E-state index contributed by atoms with van der Waals surface area (Å²) in [6.07, 6.45) is 3.16. The molecule has 0 spiro atoms. The van der Waals surface area contributed by atoms with Crippen molar-refractivity contribution in [2.24, 2.45) is 0 Å². The molecule has 3 heterocycles. The van der Waals surface area contributed by atoms with Gasteiger partial charge in [-0.2, -0.15) is 5.26 Å². The van der Waals surface area contributed by atoms with Gasteiger partial charge in [0.05, 0.1) is 42.0 Å². The summed E-state index contributed by atoms with van der Waals surface area (Å²) in [5, 5.41) is 10.9. The molecule has 3 aromatic heterocycles. The molecule has 34 heavy (non-hydrogen) atoms. The van der Waals surface area contributed by atoms with Gasteiger partial charge in [0.25, 0.3) is 0 Å². The van der Waals surface area contributed by atoms with E-state index in [9.17, 15) is 9.59 Å². The van der Waals surface area contributed by atoms with Gasteiger partial charge in [0.15, 0.2) is 0 Å². The van der Waals surface area contributed by atoms with Crippen molar-refractivity contribution >= 4 is 33.5 Å². The number of halogens is 1. The van der Waals surface area contributed by atoms with Crippen molar-refractivity contribution in [2.75, 3.05) is 7.11 Å². The maximum Gasteiger partial charge on any atom is 0.336 e. The van der Waals surface area contributed by atoms with E-state index in [1.165, 1.54) is 17.9 Å². The Morgan fingerprint density at radius 3 is 2.74 bits per heavy atom. The van der Waals surface area contributed by atoms with E-state index in [1.54, 1.807) is 54.7 Å². The third-order valence-electron chi connectivity index (χ3n) is 5.60. The topological polar surface area (TPSA) is 103 Å². The van der Waals surface area contributed by atoms with E-state index < -0.39 is 11.2 Å². The maximum atomic E-state index is 13.6. The van der Waals surface area contributed by atoms with Crippen LogP contribution in [0.1, 0.15) is 6.42 Å². The molecule has 0 radical (unpaired) electrons. The first-order chi connectivity index (χ1) is 16.5. The predicted octanol–water partition coefficient (Wildman–Crippen LogP) is 4.54. The molecule has 0 saturated heterocycles. The van der Waals surface area contributed by atoms with Crippen molar-refractivity contribution < 1.29 is 9.15 Å². The lowest BCUT2D eigenvalue weighted by molar-refractivity contribution is 0.415. The van der Waals surface area contributed by atoms with Gasteiger partial charge in [0, 0.05) is 35.1 Å². The highest BCUT2D eigenvalue weighted by Gasteiger charge is 2.21. The SMILES string of the molecule is COc1ccc2cncc(-n3c(=O)c4oc(-c5ccccc5Cl)cc4n(CCC#N)c3=O)c2c1. The van der Waals surface area contributed by atoms with Crippen LogP contribution in [0, 0.1) is 11.3 Å². The van der Waals surface area contributed by atoms with Gasteiger partial charge in [0.1, 0.15) is 11.5 Å². The van der Waals surface area contributed by atoms with Gasteiger partial charge in [-0.3, -0.25) is 14.3 Å². The number of fused-ring (bicyclic) bond motifs is 2. The van der Waals surface area contributed by atoms with Crippen molar-refractivity contribution in [2.45, 2.75) is 13.0 Å². The number of nitriles is 1. The summed E-state index contributed by atoms with van der Waals surface area (Å²) in [5.74, 6) is 0.913. The Morgan fingerprint density at radius 1 is 1.15 bits per heavy atom. The number of pyridine rings is 1. The van der Waals surface area contributed by atoms with Crippen molar-refractivity contribution in [1.82, 2.24) is 14.1 Å². The van der Waals surface area contributed by atoms with Crippen molar-refractivity contribution in [1.29, 1.82) is 5.26 Å². The second-order valence-corrected chi connectivity index (χ2v) is 7.94. The predicted molar refractivity (Wildman–Crippen MR) is 129 cm³/mol. The van der Waals surface area contributed by atoms with Crippen LogP contribution in [-0.2, 0) is 6.54 Å². The summed E-state index contributed by atoms with van der Waals surface area (Å²) in [5.41, 5.74) is -0.0913. The van der Waals surface area contributed by atoms with E-state index >= 15 is 0 Å². The van der Waals surface area contributed by atoms with Crippen molar-refractivity contribution in [3.05, 3.63) is 86.8 Å². The number of nitrogens with zero attached hydrogens (tertiary/aromatic N) is 4. The minimum atomic E-state index is -0.636. The first kappa shape index (κ1) is 21.5. The lowest BCUT2D eigenvalue weighted by atomic mass is 10.1. The number of aryl methyl sites for hydroxylation is 1. The molecule has 5 aromatic rings. The number of furan rings is 1. The van der Waals surface area contributed by atoms with E-state index in [0.717, 1.165) is 9.95 Å². The fourth-order valence-corrected chi connectivity index (χ4v) is 4.19. The second kappa shape index (κ2) is 8.54. The normalized spacial score (nSPS) is 11.1. The molecule has 0 atom stereocenters. The fourth-order valence-electron chi connectivity index (χ4n) is 3.96. The van der Waals surface area contributed by atoms with Crippen molar-refractivity contribution in [3.8, 4) is 28.8 Å². The number of methoxy groups -OCH3 is 1. The highest BCUT2D eigenvalue weighted by atomic mass is 35.5. The molecule has 0 aliphatic rings. The Hall–Kier alpha value is -4.35. The molecule has 5 rings (SSSR count). The molecule has 0 N–H and O–H groups in total. The quantitative estimate of drug-likeness (QED) is 0.372. The van der Waals surface area contributed by atoms with Crippen LogP contribution in [0.4, 0.5) is 0 Å². The first-order valence-corrected chi connectivity index (χ1v) is 10.7. The number of rotatable bonds is 5. The number of hydrogen-bond acceptors (Lipinski definition) is 6. The lowest BCUT2D eigenvalue weighted by Crippen LogP contribution is -2.38. The van der Waals surface area contributed by atoms with Gasteiger partial charge in [-0.05, 0) is 30.3 Å². The number of ether oxygens (including phenoxy) is 1. The third kappa shape index (κ3) is 3.43. The molecule has 0 bridgehead atoms. The monoisotopic (exact) mass is 472 g/mol. The minimum Gasteiger partial charge on any atom is -0.497 e. The van der Waals surface area contributed by atoms with Crippen LogP contribution >= 0.6 is 11.6 Å². The average Bonchev–Trinajstić information content (AvgIpc) is 3.29. The van der Waals surface area contributed by atoms with Crippen LogP contribution in [0.15, 0.2) is 74.9 Å². The number of aromatic nitrogens is 3. The Kier molecular flexibility index (Phi) is 5.40. The summed E-state index contributed by atoms with van der Waals surface area (Å²) < 4.78 is 13.7. The second-order valence-electron chi connectivity index (χ2n) is 7.53. The van der Waals surface area contributed by atoms with E-state index in [-0.39, 0.29) is 24.2 Å². The summed E-state index contributed by atoms with van der Waals surface area (Å²) in [6.45, 7) is 0.0785. The van der Waals surface area contributed by atoms with Gasteiger partial charge < -0.3 is 9.15 Å². The maximum absolute atomic E-state index is 13.6. The Bertz CT molecular complexity index is 1730. The van der Waals surface area contributed by atoms with Crippen LogP contribution in [-0.4, -0.2) is 21.2 Å². The summed E-state index contributed by atoms with van der Waals surface area (Å²) in [7, 11) is 1.54. The van der Waals surface area contributed by atoms with Gasteiger partial charge in [-0.1, -0.05) is 23.7 Å². The Labute approximate surface area is 197 Å². The molecule has 0 aliphatic carbocycles. The van der Waals surface area contributed by atoms with Gasteiger partial charge in [-0.15, -0.1) is 0 Å². The zero-order valence-electron chi connectivity index (χ0n) is 18.0. The van der Waals surface area contributed by atoms with Crippen LogP contribution in [0.25, 0.3) is 38.9 Å². The van der Waals surface area contributed by atoms with Crippen LogP contribution in [0.2, 0.25) is 5.02 Å². The Balaban J connectivity index is 1.86. The smallest absolute Gasteiger partial charge is 0.336 e. The molecular weight excluding hydrogens is 456 g/mol. The van der Waals surface area contributed by atoms with E-state index in [1.807, 2.05) is 6.07 Å². The third-order valence-corrected chi connectivity index (χ3v) is 5.93. The van der Waals surface area contributed by atoms with Crippen molar-refractivity contribution in [3.63, 3.8) is 0 Å². The standard InChI is InChI=1S/C25H17ClN4O4/c1-33-16-8-7-15-13-28-14-21(18(15)11-16)30-24(31)23-20(29(25(30)32)10-4-9-27)12-22(34-23)17-5-2-3-6-19(17)26/h2-3,5-8,11-14H,4,10H2,1H3. The molecular formula is C25H17ClN4O4.